The smallest absolute Gasteiger partial charge is 0.188 e. The number of carbonyl (C=O) groups is 1. The number of methoxy groups -OCH3 is 1. The van der Waals surface area contributed by atoms with E-state index in [4.69, 9.17) is 9.47 Å². The van der Waals surface area contributed by atoms with Crippen LogP contribution in [0.15, 0.2) is 42.5 Å². The summed E-state index contributed by atoms with van der Waals surface area (Å²) in [5.74, 6) is 0.796. The lowest BCUT2D eigenvalue weighted by atomic mass is 10.2. The second-order valence-electron chi connectivity index (χ2n) is 4.38. The van der Waals surface area contributed by atoms with E-state index in [2.05, 4.69) is 0 Å². The first-order valence-electron chi connectivity index (χ1n) is 6.28. The van der Waals surface area contributed by atoms with E-state index in [0.29, 0.717) is 8.58 Å². The summed E-state index contributed by atoms with van der Waals surface area (Å²) in [6, 6.07) is 13.8. The second-order valence-corrected chi connectivity index (χ2v) is 5.71. The summed E-state index contributed by atoms with van der Waals surface area (Å²) in [7, 11) is 1.97. The van der Waals surface area contributed by atoms with Gasteiger partial charge in [-0.25, -0.2) is 0 Å². The highest BCUT2D eigenvalue weighted by Gasteiger charge is 2.08. The molecular formula is C16H17O3P. The van der Waals surface area contributed by atoms with Gasteiger partial charge in [0.25, 0.3) is 0 Å². The van der Waals surface area contributed by atoms with Gasteiger partial charge < -0.3 is 9.47 Å². The molecule has 3 nitrogen and oxygen atoms in total. The van der Waals surface area contributed by atoms with Gasteiger partial charge in [0.15, 0.2) is 13.1 Å². The van der Waals surface area contributed by atoms with Crippen LogP contribution in [0.3, 0.4) is 0 Å². The van der Waals surface area contributed by atoms with Gasteiger partial charge in [0, 0.05) is 18.0 Å². The highest BCUT2D eigenvalue weighted by molar-refractivity contribution is 7.56. The van der Waals surface area contributed by atoms with Crippen molar-refractivity contribution in [2.75, 3.05) is 13.9 Å². The van der Waals surface area contributed by atoms with E-state index < -0.39 is 0 Å². The number of ether oxygens (including phenoxy) is 2. The van der Waals surface area contributed by atoms with Crippen LogP contribution in [0.4, 0.5) is 0 Å². The molecule has 4 heteroatoms. The summed E-state index contributed by atoms with van der Waals surface area (Å²) >= 11 is 0. The van der Waals surface area contributed by atoms with Crippen molar-refractivity contribution in [3.05, 3.63) is 53.6 Å². The lowest BCUT2D eigenvalue weighted by Crippen LogP contribution is -2.12. The number of carbonyl (C=O) groups excluding carboxylic acids is 1. The Hall–Kier alpha value is -1.70. The van der Waals surface area contributed by atoms with Gasteiger partial charge in [-0.2, -0.15) is 0 Å². The van der Waals surface area contributed by atoms with Gasteiger partial charge in [0.05, 0.1) is 0 Å². The fourth-order valence-corrected chi connectivity index (χ4v) is 3.05. The van der Waals surface area contributed by atoms with E-state index in [1.54, 1.807) is 7.11 Å². The molecule has 0 aromatic heterocycles. The summed E-state index contributed by atoms with van der Waals surface area (Å²) < 4.78 is 10.5. The van der Waals surface area contributed by atoms with Crippen molar-refractivity contribution >= 4 is 25.5 Å². The molecule has 0 amide bonds. The number of para-hydroxylation sites is 1. The third kappa shape index (κ3) is 3.66. The van der Waals surface area contributed by atoms with Crippen LogP contribution in [0.5, 0.6) is 5.75 Å². The third-order valence-corrected chi connectivity index (χ3v) is 4.23. The van der Waals surface area contributed by atoms with Crippen molar-refractivity contribution in [3.63, 3.8) is 0 Å². The maximum atomic E-state index is 11.2. The molecule has 104 valence electrons. The number of aryl methyl sites for hydroxylation is 1. The van der Waals surface area contributed by atoms with Crippen molar-refractivity contribution in [2.24, 2.45) is 0 Å². The zero-order valence-electron chi connectivity index (χ0n) is 11.6. The Balaban J connectivity index is 2.28. The molecule has 0 fully saturated rings. The van der Waals surface area contributed by atoms with Gasteiger partial charge >= 0.3 is 0 Å². The molecule has 0 bridgehead atoms. The zero-order valence-corrected chi connectivity index (χ0v) is 12.6. The third-order valence-electron chi connectivity index (χ3n) is 2.82. The molecule has 0 spiro atoms. The summed E-state index contributed by atoms with van der Waals surface area (Å²) in [6.07, 6.45) is 0.911. The molecule has 1 unspecified atom stereocenters. The van der Waals surface area contributed by atoms with Crippen LogP contribution in [0.2, 0.25) is 0 Å². The van der Waals surface area contributed by atoms with Gasteiger partial charge in [-0.15, -0.1) is 0 Å². The van der Waals surface area contributed by atoms with E-state index in [1.807, 2.05) is 49.4 Å². The average molecular weight is 288 g/mol. The molecule has 2 aromatic rings. The Labute approximate surface area is 120 Å². The first-order chi connectivity index (χ1) is 9.74. The highest BCUT2D eigenvalue weighted by Crippen LogP contribution is 2.21. The Morgan fingerprint density at radius 2 is 1.95 bits per heavy atom. The summed E-state index contributed by atoms with van der Waals surface area (Å²) in [5.41, 5.74) is 1.83. The summed E-state index contributed by atoms with van der Waals surface area (Å²) in [6.45, 7) is 2.20. The minimum Gasteiger partial charge on any atom is -0.467 e. The minimum atomic E-state index is 0.218. The lowest BCUT2D eigenvalue weighted by molar-refractivity contribution is 0.0519. The maximum absolute atomic E-state index is 11.2. The number of aldehydes is 1. The van der Waals surface area contributed by atoms with Crippen LogP contribution in [0.25, 0.3) is 0 Å². The normalized spacial score (nSPS) is 10.9. The van der Waals surface area contributed by atoms with Gasteiger partial charge in [0.2, 0.25) is 0 Å². The molecule has 0 aliphatic carbocycles. The van der Waals surface area contributed by atoms with Crippen LogP contribution >= 0.6 is 8.58 Å². The molecule has 0 heterocycles. The monoisotopic (exact) mass is 288 g/mol. The predicted molar refractivity (Wildman–Crippen MR) is 83.1 cm³/mol. The second kappa shape index (κ2) is 7.18. The standard InChI is InChI=1S/C16H17O3P/c1-12-7-8-15(13(9-12)10-17)20-16-6-4-3-5-14(16)19-11-18-2/h3-10,20H,11H2,1-2H3. The molecule has 20 heavy (non-hydrogen) atoms. The quantitative estimate of drug-likeness (QED) is 0.465. The molecule has 1 atom stereocenters. The van der Waals surface area contributed by atoms with Gasteiger partial charge in [-0.1, -0.05) is 44.5 Å². The number of benzene rings is 2. The number of rotatable bonds is 6. The molecule has 0 N–H and O–H groups in total. The van der Waals surface area contributed by atoms with E-state index in [0.717, 1.165) is 33.8 Å². The summed E-state index contributed by atoms with van der Waals surface area (Å²) in [5, 5.41) is 2.09. The van der Waals surface area contributed by atoms with Crippen molar-refractivity contribution in [2.45, 2.75) is 6.92 Å². The maximum Gasteiger partial charge on any atom is 0.188 e. The average Bonchev–Trinajstić information content (AvgIpc) is 2.48. The van der Waals surface area contributed by atoms with Crippen LogP contribution < -0.4 is 15.3 Å². The molecule has 0 saturated heterocycles. The van der Waals surface area contributed by atoms with Crippen molar-refractivity contribution in [1.82, 2.24) is 0 Å². The molecule has 2 rings (SSSR count). The summed E-state index contributed by atoms with van der Waals surface area (Å²) in [4.78, 5) is 11.2. The van der Waals surface area contributed by atoms with Gasteiger partial charge in [-0.3, -0.25) is 4.79 Å². The Bertz CT molecular complexity index is 596. The van der Waals surface area contributed by atoms with Crippen LogP contribution in [0, 0.1) is 6.92 Å². The molecule has 0 saturated carbocycles. The van der Waals surface area contributed by atoms with Crippen molar-refractivity contribution in [1.29, 1.82) is 0 Å². The van der Waals surface area contributed by atoms with E-state index in [-0.39, 0.29) is 6.79 Å². The lowest BCUT2D eigenvalue weighted by Gasteiger charge is -2.12. The number of hydrogen-bond acceptors (Lipinski definition) is 3. The Kier molecular flexibility index (Phi) is 5.28. The Morgan fingerprint density at radius 1 is 1.15 bits per heavy atom. The van der Waals surface area contributed by atoms with E-state index in [9.17, 15) is 4.79 Å². The van der Waals surface area contributed by atoms with Crippen LogP contribution in [-0.4, -0.2) is 20.2 Å². The van der Waals surface area contributed by atoms with Crippen LogP contribution in [-0.2, 0) is 4.74 Å². The van der Waals surface area contributed by atoms with Crippen molar-refractivity contribution < 1.29 is 14.3 Å². The molecule has 0 aliphatic rings. The molecule has 0 aliphatic heterocycles. The molecule has 2 aromatic carbocycles. The largest absolute Gasteiger partial charge is 0.467 e. The fourth-order valence-electron chi connectivity index (χ4n) is 1.86. The minimum absolute atomic E-state index is 0.218. The SMILES string of the molecule is COCOc1ccccc1Pc1ccc(C)cc1C=O. The first-order valence-corrected chi connectivity index (χ1v) is 7.28. The number of hydrogen-bond donors (Lipinski definition) is 0. The van der Waals surface area contributed by atoms with Crippen LogP contribution in [0.1, 0.15) is 15.9 Å². The fraction of sp³-hybridized carbons (Fsp3) is 0.188. The van der Waals surface area contributed by atoms with E-state index >= 15 is 0 Å². The Morgan fingerprint density at radius 3 is 2.70 bits per heavy atom. The molecular weight excluding hydrogens is 271 g/mol. The topological polar surface area (TPSA) is 35.5 Å². The van der Waals surface area contributed by atoms with E-state index in [1.165, 1.54) is 0 Å². The first kappa shape index (κ1) is 14.7. The van der Waals surface area contributed by atoms with Gasteiger partial charge in [-0.05, 0) is 24.4 Å². The van der Waals surface area contributed by atoms with Gasteiger partial charge in [0.1, 0.15) is 5.75 Å². The molecule has 0 radical (unpaired) electrons. The highest BCUT2D eigenvalue weighted by atomic mass is 31.1. The van der Waals surface area contributed by atoms with Crippen molar-refractivity contribution in [3.8, 4) is 5.75 Å². The zero-order chi connectivity index (χ0) is 14.4. The predicted octanol–water partition coefficient (Wildman–Crippen LogP) is 2.42.